The molecule has 21 heavy (non-hydrogen) atoms. The van der Waals surface area contributed by atoms with E-state index in [-0.39, 0.29) is 12.4 Å². The number of Topliss-reactive ketones (excluding diaryl/α,β-unsaturated/α-hetero) is 1. The second-order valence-corrected chi connectivity index (χ2v) is 5.65. The Labute approximate surface area is 132 Å². The summed E-state index contributed by atoms with van der Waals surface area (Å²) in [5, 5.41) is 0. The van der Waals surface area contributed by atoms with Crippen LogP contribution in [0.25, 0.3) is 0 Å². The van der Waals surface area contributed by atoms with Crippen LogP contribution >= 0.6 is 15.9 Å². The summed E-state index contributed by atoms with van der Waals surface area (Å²) in [6.45, 7) is 3.58. The quantitative estimate of drug-likeness (QED) is 0.618. The van der Waals surface area contributed by atoms with E-state index < -0.39 is 5.97 Å². The second-order valence-electron chi connectivity index (χ2n) is 4.80. The molecule has 0 heterocycles. The molecule has 0 unspecified atom stereocenters. The van der Waals surface area contributed by atoms with Crippen LogP contribution in [0.15, 0.2) is 46.9 Å². The van der Waals surface area contributed by atoms with Gasteiger partial charge in [0.2, 0.25) is 5.78 Å². The highest BCUT2D eigenvalue weighted by Gasteiger charge is 2.15. The van der Waals surface area contributed by atoms with Crippen LogP contribution in [0, 0.1) is 13.8 Å². The molecule has 0 saturated carbocycles. The standard InChI is InChI=1S/C17H15BrO3/c1-11-7-8-13(12(2)9-11)16(19)10-21-17(20)14-5-3-4-6-15(14)18/h3-9H,10H2,1-2H3. The van der Waals surface area contributed by atoms with Gasteiger partial charge in [0, 0.05) is 10.0 Å². The van der Waals surface area contributed by atoms with Crippen LogP contribution in [0.2, 0.25) is 0 Å². The van der Waals surface area contributed by atoms with Crippen molar-refractivity contribution >= 4 is 27.7 Å². The highest BCUT2D eigenvalue weighted by molar-refractivity contribution is 9.10. The van der Waals surface area contributed by atoms with Crippen LogP contribution in [0.3, 0.4) is 0 Å². The predicted molar refractivity (Wildman–Crippen MR) is 84.7 cm³/mol. The average molecular weight is 347 g/mol. The van der Waals surface area contributed by atoms with Crippen LogP contribution in [-0.2, 0) is 4.74 Å². The molecule has 0 aliphatic heterocycles. The van der Waals surface area contributed by atoms with Gasteiger partial charge in [-0.1, -0.05) is 35.9 Å². The monoisotopic (exact) mass is 346 g/mol. The summed E-state index contributed by atoms with van der Waals surface area (Å²) in [5.74, 6) is -0.714. The number of esters is 1. The van der Waals surface area contributed by atoms with Gasteiger partial charge in [0.1, 0.15) is 0 Å². The molecular weight excluding hydrogens is 332 g/mol. The summed E-state index contributed by atoms with van der Waals surface area (Å²) in [6.07, 6.45) is 0. The SMILES string of the molecule is Cc1ccc(C(=O)COC(=O)c2ccccc2Br)c(C)c1. The molecule has 0 aliphatic rings. The van der Waals surface area contributed by atoms with Crippen LogP contribution in [0.4, 0.5) is 0 Å². The van der Waals surface area contributed by atoms with Crippen molar-refractivity contribution in [3.05, 3.63) is 69.2 Å². The van der Waals surface area contributed by atoms with Gasteiger partial charge in [0.05, 0.1) is 5.56 Å². The zero-order chi connectivity index (χ0) is 15.4. The lowest BCUT2D eigenvalue weighted by Gasteiger charge is -2.08. The molecule has 0 radical (unpaired) electrons. The van der Waals surface area contributed by atoms with Crippen molar-refractivity contribution in [2.75, 3.05) is 6.61 Å². The molecule has 2 aromatic rings. The van der Waals surface area contributed by atoms with Gasteiger partial charge in [-0.15, -0.1) is 0 Å². The Morgan fingerprint density at radius 3 is 2.43 bits per heavy atom. The summed E-state index contributed by atoms with van der Waals surface area (Å²) >= 11 is 3.28. The van der Waals surface area contributed by atoms with Gasteiger partial charge >= 0.3 is 5.97 Å². The van der Waals surface area contributed by atoms with E-state index in [0.29, 0.717) is 15.6 Å². The van der Waals surface area contributed by atoms with Crippen molar-refractivity contribution in [3.63, 3.8) is 0 Å². The molecule has 0 amide bonds. The van der Waals surface area contributed by atoms with Crippen molar-refractivity contribution in [3.8, 4) is 0 Å². The number of ketones is 1. The predicted octanol–water partition coefficient (Wildman–Crippen LogP) is 4.11. The Balaban J connectivity index is 2.04. The fraction of sp³-hybridized carbons (Fsp3) is 0.176. The first-order chi connectivity index (χ1) is 9.99. The highest BCUT2D eigenvalue weighted by atomic mass is 79.9. The summed E-state index contributed by atoms with van der Waals surface area (Å²) in [7, 11) is 0. The van der Waals surface area contributed by atoms with E-state index in [1.165, 1.54) is 0 Å². The molecule has 0 saturated heterocycles. The Bertz CT molecular complexity index is 692. The maximum atomic E-state index is 12.1. The molecule has 0 aliphatic carbocycles. The van der Waals surface area contributed by atoms with Crippen molar-refractivity contribution in [1.29, 1.82) is 0 Å². The Kier molecular flexibility index (Phi) is 4.91. The lowest BCUT2D eigenvalue weighted by molar-refractivity contribution is 0.0473. The molecule has 0 fully saturated rings. The van der Waals surface area contributed by atoms with E-state index in [4.69, 9.17) is 4.74 Å². The normalized spacial score (nSPS) is 10.2. The summed E-state index contributed by atoms with van der Waals surface area (Å²) < 4.78 is 5.74. The zero-order valence-corrected chi connectivity index (χ0v) is 13.4. The van der Waals surface area contributed by atoms with Crippen molar-refractivity contribution < 1.29 is 14.3 Å². The van der Waals surface area contributed by atoms with E-state index >= 15 is 0 Å². The topological polar surface area (TPSA) is 43.4 Å². The first kappa shape index (κ1) is 15.4. The molecule has 0 N–H and O–H groups in total. The van der Waals surface area contributed by atoms with Gasteiger partial charge in [-0.3, -0.25) is 4.79 Å². The van der Waals surface area contributed by atoms with Gasteiger partial charge in [0.25, 0.3) is 0 Å². The fourth-order valence-corrected chi connectivity index (χ4v) is 2.49. The maximum absolute atomic E-state index is 12.1. The van der Waals surface area contributed by atoms with Gasteiger partial charge in [0.15, 0.2) is 6.61 Å². The Morgan fingerprint density at radius 2 is 1.76 bits per heavy atom. The van der Waals surface area contributed by atoms with E-state index in [1.54, 1.807) is 24.3 Å². The first-order valence-electron chi connectivity index (χ1n) is 6.51. The molecule has 0 aromatic heterocycles. The molecule has 0 bridgehead atoms. The highest BCUT2D eigenvalue weighted by Crippen LogP contribution is 2.17. The maximum Gasteiger partial charge on any atom is 0.339 e. The second kappa shape index (κ2) is 6.68. The van der Waals surface area contributed by atoms with Crippen LogP contribution in [0.5, 0.6) is 0 Å². The largest absolute Gasteiger partial charge is 0.454 e. The van der Waals surface area contributed by atoms with Crippen LogP contribution in [-0.4, -0.2) is 18.4 Å². The van der Waals surface area contributed by atoms with Gasteiger partial charge in [-0.25, -0.2) is 4.79 Å². The molecular formula is C17H15BrO3. The minimum atomic E-state index is -0.513. The molecule has 2 rings (SSSR count). The third kappa shape index (κ3) is 3.79. The van der Waals surface area contributed by atoms with Crippen molar-refractivity contribution in [1.82, 2.24) is 0 Å². The third-order valence-corrected chi connectivity index (χ3v) is 3.80. The zero-order valence-electron chi connectivity index (χ0n) is 11.9. The Hall–Kier alpha value is -1.94. The Morgan fingerprint density at radius 1 is 1.05 bits per heavy atom. The number of halogens is 1. The lowest BCUT2D eigenvalue weighted by atomic mass is 10.0. The van der Waals surface area contributed by atoms with E-state index in [2.05, 4.69) is 15.9 Å². The minimum Gasteiger partial charge on any atom is -0.454 e. The smallest absolute Gasteiger partial charge is 0.339 e. The van der Waals surface area contributed by atoms with Gasteiger partial charge < -0.3 is 4.74 Å². The van der Waals surface area contributed by atoms with E-state index in [0.717, 1.165) is 11.1 Å². The number of benzene rings is 2. The summed E-state index contributed by atoms with van der Waals surface area (Å²) in [6, 6.07) is 12.5. The van der Waals surface area contributed by atoms with E-state index in [1.807, 2.05) is 32.0 Å². The molecule has 0 atom stereocenters. The molecule has 4 heteroatoms. The number of rotatable bonds is 4. The first-order valence-corrected chi connectivity index (χ1v) is 7.30. The molecule has 108 valence electrons. The van der Waals surface area contributed by atoms with Crippen molar-refractivity contribution in [2.24, 2.45) is 0 Å². The van der Waals surface area contributed by atoms with Crippen LogP contribution in [0.1, 0.15) is 31.8 Å². The molecule has 2 aromatic carbocycles. The number of ether oxygens (including phenoxy) is 1. The number of hydrogen-bond donors (Lipinski definition) is 0. The number of carbonyl (C=O) groups is 2. The third-order valence-electron chi connectivity index (χ3n) is 3.11. The number of carbonyl (C=O) groups excluding carboxylic acids is 2. The summed E-state index contributed by atoms with van der Waals surface area (Å²) in [4.78, 5) is 24.0. The van der Waals surface area contributed by atoms with Crippen molar-refractivity contribution in [2.45, 2.75) is 13.8 Å². The van der Waals surface area contributed by atoms with Gasteiger partial charge in [-0.05, 0) is 47.5 Å². The lowest BCUT2D eigenvalue weighted by Crippen LogP contribution is -2.15. The number of hydrogen-bond acceptors (Lipinski definition) is 3. The fourth-order valence-electron chi connectivity index (χ4n) is 2.04. The number of aryl methyl sites for hydroxylation is 2. The average Bonchev–Trinajstić information content (AvgIpc) is 2.45. The van der Waals surface area contributed by atoms with Crippen LogP contribution < -0.4 is 0 Å². The minimum absolute atomic E-state index is 0.201. The van der Waals surface area contributed by atoms with Gasteiger partial charge in [-0.2, -0.15) is 0 Å². The molecule has 0 spiro atoms. The van der Waals surface area contributed by atoms with E-state index in [9.17, 15) is 9.59 Å². The summed E-state index contributed by atoms with van der Waals surface area (Å²) in [5.41, 5.74) is 2.97. The molecule has 3 nitrogen and oxygen atoms in total.